The lowest BCUT2D eigenvalue weighted by Crippen LogP contribution is -2.10. The Morgan fingerprint density at radius 3 is 2.25 bits per heavy atom. The fourth-order valence-corrected chi connectivity index (χ4v) is 3.24. The molecule has 1 aromatic rings. The van der Waals surface area contributed by atoms with E-state index >= 15 is 0 Å². The van der Waals surface area contributed by atoms with Crippen LogP contribution in [-0.2, 0) is 17.2 Å². The highest BCUT2D eigenvalue weighted by molar-refractivity contribution is 7.99. The average molecular weight is 255 g/mol. The maximum absolute atomic E-state index is 2.28. The van der Waals surface area contributed by atoms with Gasteiger partial charge in [-0.1, -0.05) is 39.8 Å². The largest absolute Gasteiger partial charge is 0.157 e. The third-order valence-electron chi connectivity index (χ3n) is 2.47. The Kier molecular flexibility index (Phi) is 5.77. The summed E-state index contributed by atoms with van der Waals surface area (Å²) >= 11 is 3.49. The monoisotopic (exact) mass is 255 g/mol. The van der Waals surface area contributed by atoms with E-state index < -0.39 is 0 Å². The van der Waals surface area contributed by atoms with E-state index in [0.29, 0.717) is 0 Å². The van der Waals surface area contributed by atoms with Crippen molar-refractivity contribution in [2.45, 2.75) is 38.0 Å². The van der Waals surface area contributed by atoms with E-state index in [1.54, 1.807) is 0 Å². The van der Waals surface area contributed by atoms with Crippen molar-refractivity contribution in [1.29, 1.82) is 0 Å². The van der Waals surface area contributed by atoms with E-state index in [9.17, 15) is 0 Å². The second kappa shape index (κ2) is 6.61. The molecule has 0 aromatic heterocycles. The van der Waals surface area contributed by atoms with Crippen LogP contribution in [0.1, 0.15) is 33.3 Å². The third-order valence-corrected chi connectivity index (χ3v) is 4.78. The summed E-state index contributed by atoms with van der Waals surface area (Å²) in [6.07, 6.45) is 0. The molecule has 0 aliphatic heterocycles. The summed E-state index contributed by atoms with van der Waals surface area (Å²) in [5.41, 5.74) is 1.70. The molecule has 0 radical (unpaired) electrons. The van der Waals surface area contributed by atoms with E-state index in [1.807, 2.05) is 11.8 Å². The van der Waals surface area contributed by atoms with Crippen LogP contribution in [0.25, 0.3) is 0 Å². The Bertz CT molecular complexity index is 296. The Morgan fingerprint density at radius 1 is 1.12 bits per heavy atom. The predicted molar refractivity (Wildman–Crippen MR) is 80.0 cm³/mol. The standard InChI is InChI=1S/C14H22S2/c1-5-15-10-11-16-13-8-6-12(7-9-13)14(2,3)4/h6-9H,5,10-11H2,1-4H3/p+1. The first-order valence-corrected chi connectivity index (χ1v) is 8.13. The Labute approximate surface area is 109 Å². The molecule has 0 unspecified atom stereocenters. The van der Waals surface area contributed by atoms with Gasteiger partial charge in [-0.25, -0.2) is 0 Å². The summed E-state index contributed by atoms with van der Waals surface area (Å²) in [5.74, 6) is 3.78. The van der Waals surface area contributed by atoms with Gasteiger partial charge in [-0.3, -0.25) is 0 Å². The van der Waals surface area contributed by atoms with Gasteiger partial charge in [-0.15, -0.1) is 0 Å². The fourth-order valence-electron chi connectivity index (χ4n) is 1.45. The molecule has 0 saturated heterocycles. The van der Waals surface area contributed by atoms with Crippen LogP contribution in [-0.4, -0.2) is 17.3 Å². The van der Waals surface area contributed by atoms with Crippen molar-refractivity contribution in [3.8, 4) is 0 Å². The molecular weight excluding hydrogens is 232 g/mol. The van der Waals surface area contributed by atoms with Gasteiger partial charge in [0.05, 0.1) is 0 Å². The van der Waals surface area contributed by atoms with Crippen LogP contribution in [0.5, 0.6) is 0 Å². The molecule has 0 bridgehead atoms. The highest BCUT2D eigenvalue weighted by Gasteiger charge is 2.13. The highest BCUT2D eigenvalue weighted by Crippen LogP contribution is 2.22. The van der Waals surface area contributed by atoms with Gasteiger partial charge in [0.1, 0.15) is 5.75 Å². The van der Waals surface area contributed by atoms with E-state index in [1.165, 1.54) is 39.5 Å². The van der Waals surface area contributed by atoms with Crippen molar-refractivity contribution >= 4 is 23.5 Å². The average Bonchev–Trinajstić information content (AvgIpc) is 2.24. The van der Waals surface area contributed by atoms with Crippen molar-refractivity contribution < 1.29 is 0 Å². The molecule has 0 nitrogen and oxygen atoms in total. The van der Waals surface area contributed by atoms with Gasteiger partial charge < -0.3 is 0 Å². The van der Waals surface area contributed by atoms with Gasteiger partial charge in [0.15, 0.2) is 4.90 Å². The lowest BCUT2D eigenvalue weighted by atomic mass is 9.87. The van der Waals surface area contributed by atoms with Crippen molar-refractivity contribution in [3.05, 3.63) is 29.8 Å². The maximum atomic E-state index is 2.28. The lowest BCUT2D eigenvalue weighted by Gasteiger charge is -2.18. The maximum Gasteiger partial charge on any atom is 0.152 e. The molecular formula is C14H23S2+. The van der Waals surface area contributed by atoms with E-state index in [4.69, 9.17) is 0 Å². The van der Waals surface area contributed by atoms with Crippen LogP contribution in [0, 0.1) is 0 Å². The van der Waals surface area contributed by atoms with Gasteiger partial charge in [0.2, 0.25) is 0 Å². The fraction of sp³-hybridized carbons (Fsp3) is 0.571. The third kappa shape index (κ3) is 4.84. The number of rotatable bonds is 5. The number of hydrogen-bond donors (Lipinski definition) is 0. The van der Waals surface area contributed by atoms with Crippen molar-refractivity contribution in [1.82, 2.24) is 0 Å². The van der Waals surface area contributed by atoms with Crippen molar-refractivity contribution in [2.75, 3.05) is 17.3 Å². The molecule has 0 aliphatic carbocycles. The van der Waals surface area contributed by atoms with Crippen LogP contribution in [0.2, 0.25) is 0 Å². The van der Waals surface area contributed by atoms with Crippen molar-refractivity contribution in [3.63, 3.8) is 0 Å². The summed E-state index contributed by atoms with van der Waals surface area (Å²) in [6.45, 7) is 9.01. The second-order valence-corrected chi connectivity index (χ2v) is 7.55. The predicted octanol–water partition coefficient (Wildman–Crippen LogP) is 3.91. The first-order valence-electron chi connectivity index (χ1n) is 5.90. The molecule has 0 fully saturated rings. The molecule has 0 saturated carbocycles. The van der Waals surface area contributed by atoms with Gasteiger partial charge in [0, 0.05) is 17.5 Å². The number of thioether (sulfide) groups is 1. The molecule has 0 atom stereocenters. The summed E-state index contributed by atoms with van der Waals surface area (Å²) in [6, 6.07) is 9.10. The highest BCUT2D eigenvalue weighted by atomic mass is 32.2. The first-order chi connectivity index (χ1) is 7.54. The molecule has 16 heavy (non-hydrogen) atoms. The van der Waals surface area contributed by atoms with Gasteiger partial charge >= 0.3 is 0 Å². The normalized spacial score (nSPS) is 11.8. The minimum atomic E-state index is 0.271. The SMILES string of the molecule is CCSCC[SH+]c1ccc(C(C)(C)C)cc1. The zero-order chi connectivity index (χ0) is 12.0. The van der Waals surface area contributed by atoms with E-state index in [2.05, 4.69) is 52.0 Å². The van der Waals surface area contributed by atoms with Crippen LogP contribution < -0.4 is 0 Å². The van der Waals surface area contributed by atoms with Crippen LogP contribution >= 0.6 is 11.8 Å². The topological polar surface area (TPSA) is 0 Å². The van der Waals surface area contributed by atoms with E-state index in [0.717, 1.165) is 0 Å². The number of thiol groups is 1. The molecule has 90 valence electrons. The lowest BCUT2D eigenvalue weighted by molar-refractivity contribution is 0.590. The van der Waals surface area contributed by atoms with Crippen molar-refractivity contribution in [2.24, 2.45) is 0 Å². The zero-order valence-electron chi connectivity index (χ0n) is 10.8. The van der Waals surface area contributed by atoms with Crippen LogP contribution in [0.4, 0.5) is 0 Å². The minimum absolute atomic E-state index is 0.271. The molecule has 0 N–H and O–H groups in total. The van der Waals surface area contributed by atoms with Gasteiger partial charge in [-0.05, 0) is 28.9 Å². The molecule has 1 aromatic carbocycles. The summed E-state index contributed by atoms with van der Waals surface area (Å²) in [5, 5.41) is 0. The second-order valence-electron chi connectivity index (χ2n) is 4.88. The van der Waals surface area contributed by atoms with Gasteiger partial charge in [-0.2, -0.15) is 11.8 Å². The molecule has 0 heterocycles. The Hall–Kier alpha value is -0.0800. The summed E-state index contributed by atoms with van der Waals surface area (Å²) in [7, 11) is 0. The Morgan fingerprint density at radius 2 is 1.75 bits per heavy atom. The Balaban J connectivity index is 2.46. The summed E-state index contributed by atoms with van der Waals surface area (Å²) < 4.78 is 0. The van der Waals surface area contributed by atoms with Crippen LogP contribution in [0.3, 0.4) is 0 Å². The molecule has 2 heteroatoms. The first kappa shape index (κ1) is 14.0. The number of benzene rings is 1. The summed E-state index contributed by atoms with van der Waals surface area (Å²) in [4.78, 5) is 1.45. The van der Waals surface area contributed by atoms with E-state index in [-0.39, 0.29) is 5.41 Å². The zero-order valence-corrected chi connectivity index (χ0v) is 12.5. The quantitative estimate of drug-likeness (QED) is 0.437. The number of hydrogen-bond acceptors (Lipinski definition) is 1. The van der Waals surface area contributed by atoms with Crippen LogP contribution in [0.15, 0.2) is 29.2 Å². The molecule has 1 rings (SSSR count). The smallest absolute Gasteiger partial charge is 0.152 e. The molecule has 0 spiro atoms. The van der Waals surface area contributed by atoms with Gasteiger partial charge in [0.25, 0.3) is 0 Å². The minimum Gasteiger partial charge on any atom is -0.157 e. The molecule has 0 aliphatic rings. The molecule has 0 amide bonds.